The lowest BCUT2D eigenvalue weighted by Gasteiger charge is -2.36. The Kier molecular flexibility index (Phi) is 7.48. The van der Waals surface area contributed by atoms with Gasteiger partial charge in [-0.15, -0.1) is 0 Å². The van der Waals surface area contributed by atoms with Gasteiger partial charge in [-0.3, -0.25) is 0 Å². The summed E-state index contributed by atoms with van der Waals surface area (Å²) < 4.78 is 2.51. The molecule has 57 heavy (non-hydrogen) atoms. The van der Waals surface area contributed by atoms with Crippen LogP contribution in [0.15, 0.2) is 194 Å². The smallest absolute Gasteiger partial charge is 0.160 e. The van der Waals surface area contributed by atoms with Gasteiger partial charge in [0.05, 0.1) is 28.1 Å². The number of aromatic nitrogens is 3. The molecule has 0 amide bonds. The first-order chi connectivity index (χ1) is 28.0. The van der Waals surface area contributed by atoms with Crippen molar-refractivity contribution in [1.29, 1.82) is 0 Å². The van der Waals surface area contributed by atoms with Crippen LogP contribution in [-0.2, 0) is 5.41 Å². The lowest BCUT2D eigenvalue weighted by Crippen LogP contribution is -2.27. The van der Waals surface area contributed by atoms with Crippen LogP contribution in [0, 0.1) is 0 Å². The van der Waals surface area contributed by atoms with Crippen molar-refractivity contribution in [3.63, 3.8) is 0 Å². The van der Waals surface area contributed by atoms with Crippen LogP contribution in [0.25, 0.3) is 72.2 Å². The van der Waals surface area contributed by atoms with Crippen LogP contribution < -0.4 is 4.90 Å². The molecule has 0 unspecified atom stereocenters. The maximum atomic E-state index is 5.23. The van der Waals surface area contributed by atoms with Gasteiger partial charge in [0.15, 0.2) is 5.82 Å². The number of hydrogen-bond donors (Lipinski definition) is 0. The molecule has 1 aliphatic rings. The third-order valence-corrected chi connectivity index (χ3v) is 11.7. The highest BCUT2D eigenvalue weighted by atomic mass is 15.1. The number of rotatable bonds is 6. The van der Waals surface area contributed by atoms with Crippen molar-refractivity contribution in [3.05, 3.63) is 205 Å². The minimum atomic E-state index is -0.365. The third kappa shape index (κ3) is 5.29. The molecule has 0 bridgehead atoms. The standard InChI is InChI=1S/C53H38N4/c1-53(2)44-31-38(47-34-46(36-18-7-3-8-19-36)54-52(55-47)37-20-9-4-10-21-37)28-29-48(44)57-49-30-27-35-17-15-16-26-42(35)50(49)43-32-41(33-45(53)51(43)57)56(39-22-11-5-12-23-39)40-24-13-6-14-25-40/h3-34H,1-2H3. The number of fused-ring (bicyclic) bond motifs is 7. The van der Waals surface area contributed by atoms with E-state index in [4.69, 9.17) is 9.97 Å². The van der Waals surface area contributed by atoms with Gasteiger partial charge >= 0.3 is 0 Å². The topological polar surface area (TPSA) is 34.0 Å². The number of benzene rings is 8. The SMILES string of the molecule is CC1(C)c2cc(-c3cc(-c4ccccc4)nc(-c4ccccc4)n3)ccc2-n2c3ccc4ccccc4c3c3cc(N(c4ccccc4)c4ccccc4)cc1c32. The minimum Gasteiger partial charge on any atom is -0.310 e. The zero-order valence-corrected chi connectivity index (χ0v) is 31.8. The van der Waals surface area contributed by atoms with Crippen LogP contribution >= 0.6 is 0 Å². The lowest BCUT2D eigenvalue weighted by molar-refractivity contribution is 0.630. The van der Waals surface area contributed by atoms with E-state index >= 15 is 0 Å². The molecule has 0 aliphatic carbocycles. The van der Waals surface area contributed by atoms with E-state index in [0.29, 0.717) is 5.82 Å². The quantitative estimate of drug-likeness (QED) is 0.171. The van der Waals surface area contributed by atoms with Crippen molar-refractivity contribution in [2.45, 2.75) is 19.3 Å². The molecule has 0 saturated heterocycles. The summed E-state index contributed by atoms with van der Waals surface area (Å²) in [5.41, 5.74) is 14.1. The minimum absolute atomic E-state index is 0.365. The van der Waals surface area contributed by atoms with Gasteiger partial charge in [-0.2, -0.15) is 0 Å². The molecule has 270 valence electrons. The zero-order chi connectivity index (χ0) is 38.1. The molecule has 0 saturated carbocycles. The zero-order valence-electron chi connectivity index (χ0n) is 31.8. The second-order valence-electron chi connectivity index (χ2n) is 15.5. The van der Waals surface area contributed by atoms with E-state index in [9.17, 15) is 0 Å². The Labute approximate surface area is 332 Å². The van der Waals surface area contributed by atoms with Gasteiger partial charge in [0.1, 0.15) is 0 Å². The van der Waals surface area contributed by atoms with E-state index in [0.717, 1.165) is 45.1 Å². The Morgan fingerprint density at radius 3 is 1.74 bits per heavy atom. The molecule has 4 heteroatoms. The summed E-state index contributed by atoms with van der Waals surface area (Å²) in [7, 11) is 0. The summed E-state index contributed by atoms with van der Waals surface area (Å²) in [4.78, 5) is 12.7. The Balaban J connectivity index is 1.19. The summed E-state index contributed by atoms with van der Waals surface area (Å²) in [5.74, 6) is 0.714. The van der Waals surface area contributed by atoms with Crippen LogP contribution in [0.2, 0.25) is 0 Å². The first-order valence-corrected chi connectivity index (χ1v) is 19.6. The van der Waals surface area contributed by atoms with Crippen molar-refractivity contribution in [3.8, 4) is 39.6 Å². The van der Waals surface area contributed by atoms with Crippen LogP contribution in [0.3, 0.4) is 0 Å². The molecule has 0 N–H and O–H groups in total. The first kappa shape index (κ1) is 33.1. The molecule has 0 spiro atoms. The summed E-state index contributed by atoms with van der Waals surface area (Å²) in [6.45, 7) is 4.77. The maximum absolute atomic E-state index is 5.23. The van der Waals surface area contributed by atoms with Crippen molar-refractivity contribution >= 4 is 49.6 Å². The van der Waals surface area contributed by atoms with Crippen molar-refractivity contribution in [2.24, 2.45) is 0 Å². The van der Waals surface area contributed by atoms with Crippen LogP contribution in [0.1, 0.15) is 25.0 Å². The molecule has 10 aromatic rings. The number of nitrogens with zero attached hydrogens (tertiary/aromatic N) is 4. The Bertz CT molecular complexity index is 3030. The second-order valence-corrected chi connectivity index (χ2v) is 15.5. The van der Waals surface area contributed by atoms with Gasteiger partial charge in [-0.1, -0.05) is 147 Å². The van der Waals surface area contributed by atoms with Crippen LogP contribution in [0.5, 0.6) is 0 Å². The lowest BCUT2D eigenvalue weighted by atomic mass is 9.74. The monoisotopic (exact) mass is 730 g/mol. The number of hydrogen-bond acceptors (Lipinski definition) is 3. The van der Waals surface area contributed by atoms with E-state index in [-0.39, 0.29) is 5.41 Å². The average molecular weight is 731 g/mol. The summed E-state index contributed by atoms with van der Waals surface area (Å²) in [6.07, 6.45) is 0. The van der Waals surface area contributed by atoms with Crippen molar-refractivity contribution in [2.75, 3.05) is 4.90 Å². The van der Waals surface area contributed by atoms with Crippen LogP contribution in [0.4, 0.5) is 17.1 Å². The normalized spacial score (nSPS) is 12.9. The summed E-state index contributed by atoms with van der Waals surface area (Å²) in [5, 5.41) is 5.02. The molecule has 11 rings (SSSR count). The average Bonchev–Trinajstić information content (AvgIpc) is 3.61. The van der Waals surface area contributed by atoms with E-state index in [1.165, 1.54) is 49.4 Å². The molecule has 0 atom stereocenters. The molecule has 4 nitrogen and oxygen atoms in total. The number of para-hydroxylation sites is 2. The van der Waals surface area contributed by atoms with Crippen LogP contribution in [-0.4, -0.2) is 14.5 Å². The molecular formula is C53H38N4. The molecule has 1 aliphatic heterocycles. The summed E-state index contributed by atoms with van der Waals surface area (Å²) >= 11 is 0. The Morgan fingerprint density at radius 2 is 1.05 bits per heavy atom. The molecule has 3 heterocycles. The van der Waals surface area contributed by atoms with E-state index < -0.39 is 0 Å². The van der Waals surface area contributed by atoms with Gasteiger partial charge < -0.3 is 9.47 Å². The molecule has 0 fully saturated rings. The molecule has 8 aromatic carbocycles. The van der Waals surface area contributed by atoms with Crippen molar-refractivity contribution < 1.29 is 0 Å². The van der Waals surface area contributed by atoms with E-state index in [1.807, 2.05) is 24.3 Å². The fourth-order valence-corrected chi connectivity index (χ4v) is 8.96. The molecule has 2 aromatic heterocycles. The fourth-order valence-electron chi connectivity index (χ4n) is 8.96. The Morgan fingerprint density at radius 1 is 0.456 bits per heavy atom. The van der Waals surface area contributed by atoms with Gasteiger partial charge in [0.2, 0.25) is 0 Å². The Hall–Kier alpha value is -7.30. The molecule has 0 radical (unpaired) electrons. The second kappa shape index (κ2) is 12.9. The van der Waals surface area contributed by atoms with Gasteiger partial charge in [0, 0.05) is 49.9 Å². The highest BCUT2D eigenvalue weighted by Crippen LogP contribution is 2.52. The number of anilines is 3. The summed E-state index contributed by atoms with van der Waals surface area (Å²) in [6, 6.07) is 69.4. The van der Waals surface area contributed by atoms with E-state index in [2.05, 4.69) is 193 Å². The predicted octanol–water partition coefficient (Wildman–Crippen LogP) is 13.8. The third-order valence-electron chi connectivity index (χ3n) is 11.7. The van der Waals surface area contributed by atoms with Gasteiger partial charge in [0.25, 0.3) is 0 Å². The maximum Gasteiger partial charge on any atom is 0.160 e. The largest absolute Gasteiger partial charge is 0.310 e. The fraction of sp³-hybridized carbons (Fsp3) is 0.0566. The predicted molar refractivity (Wildman–Crippen MR) is 237 cm³/mol. The first-order valence-electron chi connectivity index (χ1n) is 19.6. The van der Waals surface area contributed by atoms with E-state index in [1.54, 1.807) is 0 Å². The highest BCUT2D eigenvalue weighted by molar-refractivity contribution is 6.23. The molecular weight excluding hydrogens is 693 g/mol. The highest BCUT2D eigenvalue weighted by Gasteiger charge is 2.37. The van der Waals surface area contributed by atoms with Crippen molar-refractivity contribution in [1.82, 2.24) is 14.5 Å². The van der Waals surface area contributed by atoms with Gasteiger partial charge in [-0.05, 0) is 82.6 Å². The van der Waals surface area contributed by atoms with Gasteiger partial charge in [-0.25, -0.2) is 9.97 Å².